The summed E-state index contributed by atoms with van der Waals surface area (Å²) in [4.78, 5) is 38.3. The third kappa shape index (κ3) is 4.67. The molecule has 1 heterocycles. The summed E-state index contributed by atoms with van der Waals surface area (Å²) in [5.41, 5.74) is 0. The lowest BCUT2D eigenvalue weighted by Crippen LogP contribution is -2.55. The SMILES string of the molecule is C[C@H](NC(CC1CCCCC1)C(=O)O)C(=O)N1C2CCCCC2C[C@H]1C(=O)O. The molecule has 0 aromatic heterocycles. The van der Waals surface area contributed by atoms with Gasteiger partial charge in [-0.1, -0.05) is 44.9 Å². The molecular formula is C21H34N2O5. The average molecular weight is 395 g/mol. The normalized spacial score (nSPS) is 30.5. The number of carboxylic acid groups (broad SMARTS) is 2. The van der Waals surface area contributed by atoms with Crippen molar-refractivity contribution in [3.8, 4) is 0 Å². The lowest BCUT2D eigenvalue weighted by atomic mass is 9.84. The topological polar surface area (TPSA) is 107 Å². The number of rotatable bonds is 7. The predicted molar refractivity (Wildman–Crippen MR) is 104 cm³/mol. The van der Waals surface area contributed by atoms with Crippen molar-refractivity contribution < 1.29 is 24.6 Å². The number of carboxylic acids is 2. The van der Waals surface area contributed by atoms with Crippen molar-refractivity contribution >= 4 is 17.8 Å². The summed E-state index contributed by atoms with van der Waals surface area (Å²) >= 11 is 0. The fourth-order valence-corrected chi connectivity index (χ4v) is 5.59. The second kappa shape index (κ2) is 9.25. The molecule has 3 aliphatic rings. The first-order valence-corrected chi connectivity index (χ1v) is 10.9. The Bertz CT molecular complexity index is 589. The van der Waals surface area contributed by atoms with Crippen LogP contribution in [0.15, 0.2) is 0 Å². The highest BCUT2D eigenvalue weighted by Gasteiger charge is 2.48. The number of nitrogens with one attached hydrogen (secondary N) is 1. The molecule has 1 saturated heterocycles. The summed E-state index contributed by atoms with van der Waals surface area (Å²) in [5, 5.41) is 22.3. The number of likely N-dealkylation sites (tertiary alicyclic amines) is 1. The molecule has 0 aromatic rings. The van der Waals surface area contributed by atoms with Crippen molar-refractivity contribution in [1.82, 2.24) is 10.2 Å². The minimum Gasteiger partial charge on any atom is -0.480 e. The van der Waals surface area contributed by atoms with Crippen LogP contribution in [0.5, 0.6) is 0 Å². The van der Waals surface area contributed by atoms with E-state index < -0.39 is 30.1 Å². The van der Waals surface area contributed by atoms with E-state index >= 15 is 0 Å². The van der Waals surface area contributed by atoms with E-state index in [0.29, 0.717) is 18.8 Å². The van der Waals surface area contributed by atoms with E-state index in [0.717, 1.165) is 51.4 Å². The molecule has 0 spiro atoms. The van der Waals surface area contributed by atoms with Gasteiger partial charge in [-0.2, -0.15) is 0 Å². The van der Waals surface area contributed by atoms with Gasteiger partial charge in [-0.05, 0) is 44.4 Å². The van der Waals surface area contributed by atoms with Crippen molar-refractivity contribution in [2.75, 3.05) is 0 Å². The van der Waals surface area contributed by atoms with E-state index in [1.807, 2.05) is 0 Å². The van der Waals surface area contributed by atoms with Crippen molar-refractivity contribution in [3.05, 3.63) is 0 Å². The Kier molecular flexibility index (Phi) is 6.96. The molecular weight excluding hydrogens is 360 g/mol. The van der Waals surface area contributed by atoms with Gasteiger partial charge in [-0.3, -0.25) is 14.9 Å². The fourth-order valence-electron chi connectivity index (χ4n) is 5.59. The highest BCUT2D eigenvalue weighted by atomic mass is 16.4. The van der Waals surface area contributed by atoms with Crippen LogP contribution in [0.3, 0.4) is 0 Å². The number of fused-ring (bicyclic) bond motifs is 1. The number of carbonyl (C=O) groups excluding carboxylic acids is 1. The quantitative estimate of drug-likeness (QED) is 0.613. The third-order valence-corrected chi connectivity index (χ3v) is 7.04. The zero-order chi connectivity index (χ0) is 20.3. The fraction of sp³-hybridized carbons (Fsp3) is 0.857. The van der Waals surface area contributed by atoms with Gasteiger partial charge in [0.25, 0.3) is 0 Å². The molecule has 7 heteroatoms. The Hall–Kier alpha value is -1.63. The van der Waals surface area contributed by atoms with E-state index in [1.165, 1.54) is 6.42 Å². The average Bonchev–Trinajstić information content (AvgIpc) is 3.07. The number of aliphatic carboxylic acids is 2. The molecule has 3 unspecified atom stereocenters. The molecule has 0 aromatic carbocycles. The second-order valence-electron chi connectivity index (χ2n) is 8.97. The van der Waals surface area contributed by atoms with Gasteiger partial charge in [0.2, 0.25) is 5.91 Å². The van der Waals surface area contributed by atoms with Crippen LogP contribution in [0.4, 0.5) is 0 Å². The van der Waals surface area contributed by atoms with Gasteiger partial charge in [0, 0.05) is 6.04 Å². The van der Waals surface area contributed by atoms with Gasteiger partial charge in [0.05, 0.1) is 6.04 Å². The number of carbonyl (C=O) groups is 3. The number of hydrogen-bond donors (Lipinski definition) is 3. The molecule has 2 aliphatic carbocycles. The zero-order valence-electron chi connectivity index (χ0n) is 16.8. The van der Waals surface area contributed by atoms with Crippen LogP contribution in [0, 0.1) is 11.8 Å². The van der Waals surface area contributed by atoms with Crippen molar-refractivity contribution in [2.45, 2.75) is 102 Å². The summed E-state index contributed by atoms with van der Waals surface area (Å²) in [7, 11) is 0. The lowest BCUT2D eigenvalue weighted by molar-refractivity contribution is -0.151. The maximum absolute atomic E-state index is 13.2. The van der Waals surface area contributed by atoms with E-state index in [9.17, 15) is 24.6 Å². The predicted octanol–water partition coefficient (Wildman–Crippen LogP) is 2.63. The van der Waals surface area contributed by atoms with E-state index in [-0.39, 0.29) is 17.9 Å². The van der Waals surface area contributed by atoms with Gasteiger partial charge in [-0.25, -0.2) is 4.79 Å². The molecule has 0 bridgehead atoms. The first-order valence-electron chi connectivity index (χ1n) is 10.9. The third-order valence-electron chi connectivity index (χ3n) is 7.04. The van der Waals surface area contributed by atoms with Crippen molar-refractivity contribution in [3.63, 3.8) is 0 Å². The summed E-state index contributed by atoms with van der Waals surface area (Å²) in [6.07, 6.45) is 10.6. The van der Waals surface area contributed by atoms with E-state index in [1.54, 1.807) is 11.8 Å². The number of nitrogens with zero attached hydrogens (tertiary/aromatic N) is 1. The molecule has 3 fully saturated rings. The van der Waals surface area contributed by atoms with Gasteiger partial charge >= 0.3 is 11.9 Å². The maximum atomic E-state index is 13.2. The molecule has 1 amide bonds. The summed E-state index contributed by atoms with van der Waals surface area (Å²) in [6.45, 7) is 1.67. The van der Waals surface area contributed by atoms with Crippen LogP contribution in [0.25, 0.3) is 0 Å². The summed E-state index contributed by atoms with van der Waals surface area (Å²) in [6, 6.07) is -2.28. The summed E-state index contributed by atoms with van der Waals surface area (Å²) < 4.78 is 0. The smallest absolute Gasteiger partial charge is 0.326 e. The van der Waals surface area contributed by atoms with Gasteiger partial charge in [0.15, 0.2) is 0 Å². The Morgan fingerprint density at radius 3 is 2.29 bits per heavy atom. The Labute approximate surface area is 166 Å². The standard InChI is InChI=1S/C21H34N2O5/c1-13(22-16(20(25)26)11-14-7-3-2-4-8-14)19(24)23-17-10-6-5-9-15(17)12-18(23)21(27)28/h13-18,22H,2-12H2,1H3,(H,25,26)(H,27,28)/t13-,15?,16?,17?,18-/m0/s1. The molecule has 5 atom stereocenters. The van der Waals surface area contributed by atoms with Crippen LogP contribution in [-0.4, -0.2) is 57.1 Å². The van der Waals surface area contributed by atoms with E-state index in [2.05, 4.69) is 5.32 Å². The molecule has 3 rings (SSSR count). The molecule has 1 aliphatic heterocycles. The molecule has 2 saturated carbocycles. The van der Waals surface area contributed by atoms with Crippen molar-refractivity contribution in [1.29, 1.82) is 0 Å². The zero-order valence-corrected chi connectivity index (χ0v) is 16.8. The Morgan fingerprint density at radius 2 is 1.64 bits per heavy atom. The highest BCUT2D eigenvalue weighted by Crippen LogP contribution is 2.40. The first-order chi connectivity index (χ1) is 13.4. The lowest BCUT2D eigenvalue weighted by Gasteiger charge is -2.35. The first kappa shape index (κ1) is 21.1. The van der Waals surface area contributed by atoms with Crippen LogP contribution in [0.1, 0.15) is 77.6 Å². The molecule has 3 N–H and O–H groups in total. The van der Waals surface area contributed by atoms with Crippen LogP contribution in [0.2, 0.25) is 0 Å². The minimum atomic E-state index is -0.952. The molecule has 0 radical (unpaired) electrons. The highest BCUT2D eigenvalue weighted by molar-refractivity contribution is 5.88. The maximum Gasteiger partial charge on any atom is 0.326 e. The largest absolute Gasteiger partial charge is 0.480 e. The molecule has 28 heavy (non-hydrogen) atoms. The number of amides is 1. The molecule has 7 nitrogen and oxygen atoms in total. The second-order valence-corrected chi connectivity index (χ2v) is 8.97. The monoisotopic (exact) mass is 394 g/mol. The van der Waals surface area contributed by atoms with Gasteiger partial charge in [0.1, 0.15) is 12.1 Å². The van der Waals surface area contributed by atoms with Gasteiger partial charge < -0.3 is 15.1 Å². The van der Waals surface area contributed by atoms with Crippen LogP contribution >= 0.6 is 0 Å². The van der Waals surface area contributed by atoms with Gasteiger partial charge in [-0.15, -0.1) is 0 Å². The molecule has 158 valence electrons. The minimum absolute atomic E-state index is 0.0202. The van der Waals surface area contributed by atoms with E-state index in [4.69, 9.17) is 0 Å². The van der Waals surface area contributed by atoms with Crippen LogP contribution in [-0.2, 0) is 14.4 Å². The van der Waals surface area contributed by atoms with Crippen LogP contribution < -0.4 is 5.32 Å². The Balaban J connectivity index is 1.66. The summed E-state index contributed by atoms with van der Waals surface area (Å²) in [5.74, 6) is -1.52. The Morgan fingerprint density at radius 1 is 1.00 bits per heavy atom. The number of hydrogen-bond acceptors (Lipinski definition) is 4. The van der Waals surface area contributed by atoms with Crippen molar-refractivity contribution in [2.24, 2.45) is 11.8 Å².